The van der Waals surface area contributed by atoms with E-state index < -0.39 is 5.60 Å². The van der Waals surface area contributed by atoms with Gasteiger partial charge >= 0.3 is 0 Å². The summed E-state index contributed by atoms with van der Waals surface area (Å²) < 4.78 is 5.78. The minimum atomic E-state index is -1.11. The summed E-state index contributed by atoms with van der Waals surface area (Å²) in [7, 11) is 0. The van der Waals surface area contributed by atoms with Gasteiger partial charge in [0.2, 0.25) is 11.8 Å². The Kier molecular flexibility index (Phi) is 6.30. The van der Waals surface area contributed by atoms with E-state index in [4.69, 9.17) is 16.3 Å². The van der Waals surface area contributed by atoms with E-state index in [0.29, 0.717) is 30.2 Å². The number of benzene rings is 1. The Bertz CT molecular complexity index is 641. The SMILES string of the molecule is CC(=O)NCC(=O)N1CCC[C@@](O)(COc2cc(C)c(Cl)c(C)c2)C1. The van der Waals surface area contributed by atoms with Gasteiger partial charge in [0.25, 0.3) is 0 Å². The number of likely N-dealkylation sites (tertiary alicyclic amines) is 1. The number of amides is 2. The van der Waals surface area contributed by atoms with Crippen LogP contribution in [0.2, 0.25) is 5.02 Å². The van der Waals surface area contributed by atoms with E-state index >= 15 is 0 Å². The molecule has 2 amide bonds. The second kappa shape index (κ2) is 8.06. The lowest BCUT2D eigenvalue weighted by molar-refractivity contribution is -0.140. The monoisotopic (exact) mass is 368 g/mol. The summed E-state index contributed by atoms with van der Waals surface area (Å²) in [6.07, 6.45) is 1.24. The molecule has 25 heavy (non-hydrogen) atoms. The highest BCUT2D eigenvalue weighted by Crippen LogP contribution is 2.28. The molecule has 138 valence electrons. The van der Waals surface area contributed by atoms with Crippen molar-refractivity contribution in [2.75, 3.05) is 26.2 Å². The van der Waals surface area contributed by atoms with Gasteiger partial charge in [0, 0.05) is 18.5 Å². The molecule has 0 aliphatic carbocycles. The molecule has 1 aromatic carbocycles. The molecule has 1 fully saturated rings. The van der Waals surface area contributed by atoms with Gasteiger partial charge in [-0.3, -0.25) is 9.59 Å². The van der Waals surface area contributed by atoms with Crippen LogP contribution in [0.3, 0.4) is 0 Å². The van der Waals surface area contributed by atoms with Crippen LogP contribution in [0.4, 0.5) is 0 Å². The first-order valence-corrected chi connectivity index (χ1v) is 8.72. The van der Waals surface area contributed by atoms with Crippen LogP contribution in [-0.2, 0) is 9.59 Å². The quantitative estimate of drug-likeness (QED) is 0.831. The largest absolute Gasteiger partial charge is 0.491 e. The van der Waals surface area contributed by atoms with E-state index in [0.717, 1.165) is 11.1 Å². The normalized spacial score (nSPS) is 20.3. The van der Waals surface area contributed by atoms with Crippen molar-refractivity contribution in [2.45, 2.75) is 39.2 Å². The number of aryl methyl sites for hydroxylation is 2. The number of piperidine rings is 1. The van der Waals surface area contributed by atoms with Crippen LogP contribution in [0.15, 0.2) is 12.1 Å². The number of β-amino-alcohol motifs (C(OH)–C–C–N with tert-alkyl or cyclic N) is 1. The highest BCUT2D eigenvalue weighted by Gasteiger charge is 2.36. The first kappa shape index (κ1) is 19.5. The fourth-order valence-electron chi connectivity index (χ4n) is 2.96. The molecular formula is C18H25ClN2O4. The number of rotatable bonds is 5. The average molecular weight is 369 g/mol. The van der Waals surface area contributed by atoms with Crippen LogP contribution in [0.25, 0.3) is 0 Å². The minimum absolute atomic E-state index is 0.0537. The summed E-state index contributed by atoms with van der Waals surface area (Å²) in [6, 6.07) is 3.67. The maximum atomic E-state index is 12.1. The smallest absolute Gasteiger partial charge is 0.242 e. The van der Waals surface area contributed by atoms with E-state index in [9.17, 15) is 14.7 Å². The zero-order valence-electron chi connectivity index (χ0n) is 14.9. The van der Waals surface area contributed by atoms with Crippen molar-refractivity contribution in [1.82, 2.24) is 10.2 Å². The molecule has 1 atom stereocenters. The molecule has 7 heteroatoms. The van der Waals surface area contributed by atoms with Gasteiger partial charge in [-0.15, -0.1) is 0 Å². The lowest BCUT2D eigenvalue weighted by Gasteiger charge is -2.39. The fourth-order valence-corrected chi connectivity index (χ4v) is 3.07. The van der Waals surface area contributed by atoms with Gasteiger partial charge in [-0.05, 0) is 49.9 Å². The third-order valence-electron chi connectivity index (χ3n) is 4.31. The maximum Gasteiger partial charge on any atom is 0.242 e. The molecule has 2 N–H and O–H groups in total. The number of hydrogen-bond donors (Lipinski definition) is 2. The Morgan fingerprint density at radius 2 is 2.00 bits per heavy atom. The Labute approximate surface area is 153 Å². The Morgan fingerprint density at radius 1 is 1.36 bits per heavy atom. The summed E-state index contributed by atoms with van der Waals surface area (Å²) in [4.78, 5) is 24.6. The van der Waals surface area contributed by atoms with Crippen LogP contribution in [0.1, 0.15) is 30.9 Å². The molecule has 0 unspecified atom stereocenters. The van der Waals surface area contributed by atoms with Crippen molar-refractivity contribution in [3.8, 4) is 5.75 Å². The van der Waals surface area contributed by atoms with Gasteiger partial charge in [0.1, 0.15) is 18.0 Å². The van der Waals surface area contributed by atoms with Crippen molar-refractivity contribution in [3.63, 3.8) is 0 Å². The molecule has 1 saturated heterocycles. The molecule has 0 radical (unpaired) electrons. The Morgan fingerprint density at radius 3 is 2.60 bits per heavy atom. The number of halogens is 1. The van der Waals surface area contributed by atoms with E-state index in [1.54, 1.807) is 4.90 Å². The minimum Gasteiger partial charge on any atom is -0.491 e. The first-order chi connectivity index (χ1) is 11.7. The van der Waals surface area contributed by atoms with Crippen LogP contribution in [0.5, 0.6) is 5.75 Å². The third kappa shape index (κ3) is 5.34. The molecule has 6 nitrogen and oxygen atoms in total. The van der Waals surface area contributed by atoms with E-state index in [-0.39, 0.29) is 31.5 Å². The first-order valence-electron chi connectivity index (χ1n) is 8.34. The van der Waals surface area contributed by atoms with Gasteiger partial charge in [-0.25, -0.2) is 0 Å². The average Bonchev–Trinajstić information content (AvgIpc) is 2.55. The number of hydrogen-bond acceptors (Lipinski definition) is 4. The maximum absolute atomic E-state index is 12.1. The van der Waals surface area contributed by atoms with E-state index in [1.165, 1.54) is 6.92 Å². The van der Waals surface area contributed by atoms with Crippen molar-refractivity contribution >= 4 is 23.4 Å². The second-order valence-electron chi connectivity index (χ2n) is 6.71. The number of aliphatic hydroxyl groups is 1. The van der Waals surface area contributed by atoms with Crippen LogP contribution in [0, 0.1) is 13.8 Å². The molecule has 2 rings (SSSR count). The number of carbonyl (C=O) groups excluding carboxylic acids is 2. The summed E-state index contributed by atoms with van der Waals surface area (Å²) in [6.45, 7) is 5.97. The topological polar surface area (TPSA) is 78.9 Å². The highest BCUT2D eigenvalue weighted by atomic mass is 35.5. The van der Waals surface area contributed by atoms with Crippen molar-refractivity contribution in [3.05, 3.63) is 28.3 Å². The molecule has 0 bridgehead atoms. The number of nitrogens with zero attached hydrogens (tertiary/aromatic N) is 1. The van der Waals surface area contributed by atoms with Crippen LogP contribution in [-0.4, -0.2) is 53.7 Å². The molecule has 0 saturated carbocycles. The van der Waals surface area contributed by atoms with Gasteiger partial charge in [-0.1, -0.05) is 11.6 Å². The predicted octanol–water partition coefficient (Wildman–Crippen LogP) is 1.83. The van der Waals surface area contributed by atoms with Crippen molar-refractivity contribution < 1.29 is 19.4 Å². The number of nitrogens with one attached hydrogen (secondary N) is 1. The van der Waals surface area contributed by atoms with Gasteiger partial charge < -0.3 is 20.1 Å². The molecule has 0 aromatic heterocycles. The molecule has 1 aliphatic rings. The molecule has 1 aliphatic heterocycles. The second-order valence-corrected chi connectivity index (χ2v) is 7.09. The standard InChI is InChI=1S/C18H25ClN2O4/c1-12-7-15(8-13(2)17(12)19)25-11-18(24)5-4-6-21(10-18)16(23)9-20-14(3)22/h7-8,24H,4-6,9-11H2,1-3H3,(H,20,22)/t18-/m0/s1. The zero-order valence-corrected chi connectivity index (χ0v) is 15.7. The summed E-state index contributed by atoms with van der Waals surface area (Å²) in [5.74, 6) is 0.193. The van der Waals surface area contributed by atoms with Crippen LogP contribution >= 0.6 is 11.6 Å². The molecule has 1 aromatic rings. The zero-order chi connectivity index (χ0) is 18.6. The van der Waals surface area contributed by atoms with E-state index in [2.05, 4.69) is 5.32 Å². The number of carbonyl (C=O) groups is 2. The molecular weight excluding hydrogens is 344 g/mol. The Balaban J connectivity index is 1.96. The highest BCUT2D eigenvalue weighted by molar-refractivity contribution is 6.32. The lowest BCUT2D eigenvalue weighted by atomic mass is 9.93. The van der Waals surface area contributed by atoms with Gasteiger partial charge in [-0.2, -0.15) is 0 Å². The summed E-state index contributed by atoms with van der Waals surface area (Å²) >= 11 is 6.15. The number of ether oxygens (including phenoxy) is 1. The van der Waals surface area contributed by atoms with E-state index in [1.807, 2.05) is 26.0 Å². The van der Waals surface area contributed by atoms with Crippen molar-refractivity contribution in [1.29, 1.82) is 0 Å². The lowest BCUT2D eigenvalue weighted by Crippen LogP contribution is -2.54. The molecule has 1 heterocycles. The summed E-state index contributed by atoms with van der Waals surface area (Å²) in [5, 5.41) is 14.0. The Hall–Kier alpha value is -1.79. The predicted molar refractivity (Wildman–Crippen MR) is 95.9 cm³/mol. The summed E-state index contributed by atoms with van der Waals surface area (Å²) in [5.41, 5.74) is 0.727. The van der Waals surface area contributed by atoms with Gasteiger partial charge in [0.15, 0.2) is 0 Å². The third-order valence-corrected chi connectivity index (χ3v) is 4.91. The fraction of sp³-hybridized carbons (Fsp3) is 0.556. The van der Waals surface area contributed by atoms with Crippen LogP contribution < -0.4 is 10.1 Å². The molecule has 0 spiro atoms. The van der Waals surface area contributed by atoms with Gasteiger partial charge in [0.05, 0.1) is 13.1 Å². The van der Waals surface area contributed by atoms with Crippen molar-refractivity contribution in [2.24, 2.45) is 0 Å².